The predicted molar refractivity (Wildman–Crippen MR) is 259 cm³/mol. The fraction of sp³-hybridized carbons (Fsp3) is 0. The number of nitrogens with zero attached hydrogens (tertiary/aromatic N) is 5. The summed E-state index contributed by atoms with van der Waals surface area (Å²) in [5.74, 6) is 0. The number of rotatable bonds is 2. The molecule has 0 fully saturated rings. The summed E-state index contributed by atoms with van der Waals surface area (Å²) in [6, 6.07) is 66.7. The fourth-order valence-corrected chi connectivity index (χ4v) is 10.7. The molecule has 0 N–H and O–H groups in total. The Labute approximate surface area is 354 Å². The first-order valence-electron chi connectivity index (χ1n) is 21.1. The minimum absolute atomic E-state index is 0.942. The summed E-state index contributed by atoms with van der Waals surface area (Å²) in [5, 5.41) is 17.6. The van der Waals surface area contributed by atoms with E-state index in [1.165, 1.54) is 65.0 Å². The maximum absolute atomic E-state index is 4.96. The van der Waals surface area contributed by atoms with Crippen LogP contribution in [0, 0.1) is 0 Å². The number of para-hydroxylation sites is 2. The highest BCUT2D eigenvalue weighted by Crippen LogP contribution is 2.47. The molecule has 0 spiro atoms. The Balaban J connectivity index is 1.13. The lowest BCUT2D eigenvalue weighted by Crippen LogP contribution is -1.97. The van der Waals surface area contributed by atoms with Crippen LogP contribution in [-0.4, -0.2) is 24.1 Å². The molecule has 0 bridgehead atoms. The van der Waals surface area contributed by atoms with Crippen molar-refractivity contribution in [2.24, 2.45) is 0 Å². The third-order valence-electron chi connectivity index (χ3n) is 13.3. The highest BCUT2D eigenvalue weighted by Gasteiger charge is 2.22. The van der Waals surface area contributed by atoms with Crippen molar-refractivity contribution in [2.45, 2.75) is 0 Å². The van der Waals surface area contributed by atoms with Crippen LogP contribution in [0.15, 0.2) is 201 Å². The standard InChI is InChI=1S/C57H33N5/c1-2-13-37-36(12-1)39-27-25-34(61-51-23-7-6-16-41(51)49-31-35(26-28-53(49)61)62-52-24-8-5-15-40(52)47-22-11-29-59-57(47)62)30-48(39)44-20-10-21-45-50-32-58-33-60-56(50)46-17-4-3-14-38(46)43-19-9-18-42(37)54(43)55(44)45/h1-33H. The normalized spacial score (nSPS) is 12.2. The molecular weight excluding hydrogens is 755 g/mol. The Morgan fingerprint density at radius 3 is 1.53 bits per heavy atom. The Hall–Kier alpha value is -8.41. The molecule has 0 unspecified atom stereocenters. The summed E-state index contributed by atoms with van der Waals surface area (Å²) in [6.45, 7) is 0. The van der Waals surface area contributed by atoms with Gasteiger partial charge in [0, 0.05) is 56.1 Å². The predicted octanol–water partition coefficient (Wildman–Crippen LogP) is 14.7. The second-order valence-electron chi connectivity index (χ2n) is 16.3. The molecule has 2 aliphatic carbocycles. The summed E-state index contributed by atoms with van der Waals surface area (Å²) in [7, 11) is 0. The lowest BCUT2D eigenvalue weighted by atomic mass is 9.84. The molecule has 5 nitrogen and oxygen atoms in total. The van der Waals surface area contributed by atoms with Crippen LogP contribution >= 0.6 is 0 Å². The van der Waals surface area contributed by atoms with Crippen LogP contribution in [0.4, 0.5) is 0 Å². The molecule has 0 radical (unpaired) electrons. The van der Waals surface area contributed by atoms with Crippen molar-refractivity contribution < 1.29 is 0 Å². The van der Waals surface area contributed by atoms with E-state index >= 15 is 0 Å². The second-order valence-corrected chi connectivity index (χ2v) is 16.3. The van der Waals surface area contributed by atoms with Crippen molar-refractivity contribution in [1.29, 1.82) is 0 Å². The first kappa shape index (κ1) is 33.4. The highest BCUT2D eigenvalue weighted by molar-refractivity contribution is 6.31. The van der Waals surface area contributed by atoms with Gasteiger partial charge in [0.25, 0.3) is 0 Å². The zero-order chi connectivity index (χ0) is 40.5. The quantitative estimate of drug-likeness (QED) is 0.175. The van der Waals surface area contributed by atoms with Crippen molar-refractivity contribution in [3.63, 3.8) is 0 Å². The van der Waals surface area contributed by atoms with Crippen molar-refractivity contribution >= 4 is 109 Å². The minimum atomic E-state index is 0.942. The summed E-state index contributed by atoms with van der Waals surface area (Å²) < 4.78 is 4.74. The van der Waals surface area contributed by atoms with E-state index in [4.69, 9.17) is 9.97 Å². The van der Waals surface area contributed by atoms with Gasteiger partial charge in [0.05, 0.1) is 22.1 Å². The van der Waals surface area contributed by atoms with Crippen molar-refractivity contribution in [1.82, 2.24) is 24.1 Å². The zero-order valence-corrected chi connectivity index (χ0v) is 33.3. The van der Waals surface area contributed by atoms with Gasteiger partial charge in [0.15, 0.2) is 0 Å². The van der Waals surface area contributed by atoms with E-state index in [1.807, 2.05) is 18.5 Å². The first-order valence-corrected chi connectivity index (χ1v) is 21.1. The Bertz CT molecular complexity index is 4180. The summed E-state index contributed by atoms with van der Waals surface area (Å²) >= 11 is 0. The topological polar surface area (TPSA) is 48.5 Å². The zero-order valence-electron chi connectivity index (χ0n) is 33.3. The third kappa shape index (κ3) is 4.48. The summed E-state index contributed by atoms with van der Waals surface area (Å²) in [5.41, 5.74) is 9.96. The molecule has 62 heavy (non-hydrogen) atoms. The highest BCUT2D eigenvalue weighted by atomic mass is 15.0. The van der Waals surface area contributed by atoms with Gasteiger partial charge in [-0.25, -0.2) is 15.0 Å². The lowest BCUT2D eigenvalue weighted by molar-refractivity contribution is 1.14. The molecular formula is C57H33N5. The SMILES string of the molecule is c1cc2c3c(c1)c1ccccc1c1ncncc1c1cccc(c1-3)c1cc(-n3c4ccccc4c4cc(-n5c6ccccc6c6cccnc65)ccc43)ccc1c1ccccc21. The molecule has 0 saturated heterocycles. The van der Waals surface area contributed by atoms with Crippen LogP contribution in [0.2, 0.25) is 0 Å². The molecule has 8 aromatic carbocycles. The molecule has 4 heterocycles. The van der Waals surface area contributed by atoms with E-state index in [0.717, 1.165) is 66.0 Å². The number of hydrogen-bond acceptors (Lipinski definition) is 3. The Kier molecular flexibility index (Phi) is 6.77. The molecule has 0 saturated carbocycles. The second kappa shape index (κ2) is 12.6. The molecule has 286 valence electrons. The number of hydrogen-bond donors (Lipinski definition) is 0. The van der Waals surface area contributed by atoms with Gasteiger partial charge in [-0.3, -0.25) is 4.57 Å². The van der Waals surface area contributed by atoms with Gasteiger partial charge in [-0.05, 0) is 114 Å². The minimum Gasteiger partial charge on any atom is -0.309 e. The van der Waals surface area contributed by atoms with Gasteiger partial charge in [0.1, 0.15) is 12.0 Å². The van der Waals surface area contributed by atoms with E-state index < -0.39 is 0 Å². The van der Waals surface area contributed by atoms with Crippen molar-refractivity contribution in [2.75, 3.05) is 0 Å². The molecule has 0 atom stereocenters. The molecule has 14 rings (SSSR count). The van der Waals surface area contributed by atoms with Crippen LogP contribution in [0.25, 0.3) is 131 Å². The van der Waals surface area contributed by atoms with Crippen LogP contribution in [-0.2, 0) is 0 Å². The average molecular weight is 788 g/mol. The van der Waals surface area contributed by atoms with Gasteiger partial charge >= 0.3 is 0 Å². The smallest absolute Gasteiger partial charge is 0.145 e. The maximum atomic E-state index is 4.96. The van der Waals surface area contributed by atoms with Crippen LogP contribution in [0.3, 0.4) is 0 Å². The summed E-state index contributed by atoms with van der Waals surface area (Å²) in [6.07, 6.45) is 5.56. The Morgan fingerprint density at radius 1 is 0.306 bits per heavy atom. The van der Waals surface area contributed by atoms with Gasteiger partial charge in [-0.1, -0.05) is 127 Å². The van der Waals surface area contributed by atoms with E-state index in [9.17, 15) is 0 Å². The van der Waals surface area contributed by atoms with E-state index in [1.54, 1.807) is 6.33 Å². The van der Waals surface area contributed by atoms with Gasteiger partial charge in [0.2, 0.25) is 0 Å². The molecule has 2 aliphatic rings. The van der Waals surface area contributed by atoms with Gasteiger partial charge in [-0.15, -0.1) is 0 Å². The number of aromatic nitrogens is 5. The summed E-state index contributed by atoms with van der Waals surface area (Å²) in [4.78, 5) is 14.5. The van der Waals surface area contributed by atoms with E-state index in [0.29, 0.717) is 0 Å². The van der Waals surface area contributed by atoms with E-state index in [-0.39, 0.29) is 0 Å². The third-order valence-corrected chi connectivity index (χ3v) is 13.3. The molecule has 4 aromatic heterocycles. The number of fused-ring (bicyclic) bond motifs is 16. The maximum Gasteiger partial charge on any atom is 0.145 e. The van der Waals surface area contributed by atoms with Gasteiger partial charge < -0.3 is 4.57 Å². The van der Waals surface area contributed by atoms with Crippen LogP contribution in [0.1, 0.15) is 0 Å². The monoisotopic (exact) mass is 787 g/mol. The average Bonchev–Trinajstić information content (AvgIpc) is 3.85. The molecule has 0 aliphatic heterocycles. The first-order chi connectivity index (χ1) is 30.8. The van der Waals surface area contributed by atoms with Crippen LogP contribution < -0.4 is 0 Å². The van der Waals surface area contributed by atoms with Crippen molar-refractivity contribution in [3.05, 3.63) is 201 Å². The molecule has 5 heteroatoms. The molecule has 12 aromatic rings. The van der Waals surface area contributed by atoms with Crippen LogP contribution in [0.5, 0.6) is 0 Å². The molecule has 0 amide bonds. The fourth-order valence-electron chi connectivity index (χ4n) is 10.7. The van der Waals surface area contributed by atoms with E-state index in [2.05, 4.69) is 190 Å². The largest absolute Gasteiger partial charge is 0.309 e. The lowest BCUT2D eigenvalue weighted by Gasteiger charge is -2.19. The number of pyridine rings is 1. The Morgan fingerprint density at radius 2 is 0.790 bits per heavy atom. The van der Waals surface area contributed by atoms with Crippen molar-refractivity contribution in [3.8, 4) is 22.5 Å². The number of benzene rings is 8. The van der Waals surface area contributed by atoms with Gasteiger partial charge in [-0.2, -0.15) is 0 Å².